The molecule has 17 heavy (non-hydrogen) atoms. The number of nitrogens with zero attached hydrogens (tertiary/aromatic N) is 2. The molecule has 0 unspecified atom stereocenters. The molecule has 86 valence electrons. The maximum atomic E-state index is 12.0. The summed E-state index contributed by atoms with van der Waals surface area (Å²) in [6, 6.07) is 9.50. The van der Waals surface area contributed by atoms with Crippen molar-refractivity contribution in [3.63, 3.8) is 0 Å². The molecular formula is C14H14N2O. The van der Waals surface area contributed by atoms with Crippen LogP contribution < -0.4 is 0 Å². The van der Waals surface area contributed by atoms with E-state index in [0.717, 1.165) is 5.56 Å². The van der Waals surface area contributed by atoms with E-state index in [9.17, 15) is 4.79 Å². The molecule has 1 aliphatic rings. The van der Waals surface area contributed by atoms with Crippen molar-refractivity contribution in [3.05, 3.63) is 47.7 Å². The molecule has 3 nitrogen and oxygen atoms in total. The normalized spacial score (nSPS) is 17.2. The molecule has 1 amide bonds. The molecule has 1 aromatic rings. The van der Waals surface area contributed by atoms with Crippen molar-refractivity contribution >= 4 is 5.91 Å². The van der Waals surface area contributed by atoms with Crippen LogP contribution in [0.5, 0.6) is 0 Å². The van der Waals surface area contributed by atoms with Crippen molar-refractivity contribution < 1.29 is 4.79 Å². The van der Waals surface area contributed by atoms with Gasteiger partial charge in [-0.25, -0.2) is 0 Å². The molecule has 0 N–H and O–H groups in total. The van der Waals surface area contributed by atoms with E-state index in [-0.39, 0.29) is 5.91 Å². The first-order valence-electron chi connectivity index (χ1n) is 5.53. The predicted molar refractivity (Wildman–Crippen MR) is 64.6 cm³/mol. The standard InChI is InChI=1S/C14H14N2O/c1-14(2)7-8-16(13(14)17)10-12-6-4-3-5-11(12)9-15/h3-8H,10H2,1-2H3. The van der Waals surface area contributed by atoms with Crippen LogP contribution in [0.3, 0.4) is 0 Å². The van der Waals surface area contributed by atoms with Gasteiger partial charge in [0.05, 0.1) is 23.6 Å². The van der Waals surface area contributed by atoms with Gasteiger partial charge in [0, 0.05) is 6.20 Å². The molecule has 1 aromatic carbocycles. The Labute approximate surface area is 101 Å². The lowest BCUT2D eigenvalue weighted by molar-refractivity contribution is -0.133. The average molecular weight is 226 g/mol. The summed E-state index contributed by atoms with van der Waals surface area (Å²) in [5.41, 5.74) is 1.07. The molecule has 0 fully saturated rings. The molecule has 0 spiro atoms. The van der Waals surface area contributed by atoms with Gasteiger partial charge < -0.3 is 4.90 Å². The van der Waals surface area contributed by atoms with Gasteiger partial charge in [0.2, 0.25) is 5.91 Å². The predicted octanol–water partition coefficient (Wildman–Crippen LogP) is 2.44. The quantitative estimate of drug-likeness (QED) is 0.777. The van der Waals surface area contributed by atoms with Crippen molar-refractivity contribution in [3.8, 4) is 6.07 Å². The van der Waals surface area contributed by atoms with Crippen molar-refractivity contribution in [2.45, 2.75) is 20.4 Å². The molecule has 0 bridgehead atoms. The molecule has 0 radical (unpaired) electrons. The van der Waals surface area contributed by atoms with Gasteiger partial charge in [0.15, 0.2) is 0 Å². The summed E-state index contributed by atoms with van der Waals surface area (Å²) in [6.45, 7) is 4.24. The van der Waals surface area contributed by atoms with E-state index in [1.54, 1.807) is 17.2 Å². The third-order valence-electron chi connectivity index (χ3n) is 2.96. The Morgan fingerprint density at radius 3 is 2.65 bits per heavy atom. The van der Waals surface area contributed by atoms with Crippen molar-refractivity contribution in [1.29, 1.82) is 5.26 Å². The first-order valence-corrected chi connectivity index (χ1v) is 5.53. The lowest BCUT2D eigenvalue weighted by atomic mass is 9.95. The van der Waals surface area contributed by atoms with E-state index in [1.807, 2.05) is 38.1 Å². The van der Waals surface area contributed by atoms with E-state index in [1.165, 1.54) is 0 Å². The Morgan fingerprint density at radius 2 is 2.06 bits per heavy atom. The van der Waals surface area contributed by atoms with Crippen LogP contribution in [-0.2, 0) is 11.3 Å². The third kappa shape index (κ3) is 2.07. The Bertz CT molecular complexity index is 523. The SMILES string of the molecule is CC1(C)C=CN(Cc2ccccc2C#N)C1=O. The largest absolute Gasteiger partial charge is 0.314 e. The number of carbonyl (C=O) groups is 1. The summed E-state index contributed by atoms with van der Waals surface area (Å²) in [4.78, 5) is 13.7. The summed E-state index contributed by atoms with van der Waals surface area (Å²) in [5.74, 6) is 0.0743. The van der Waals surface area contributed by atoms with Crippen LogP contribution in [-0.4, -0.2) is 10.8 Å². The van der Waals surface area contributed by atoms with Crippen LogP contribution in [0.25, 0.3) is 0 Å². The number of amides is 1. The lowest BCUT2D eigenvalue weighted by Crippen LogP contribution is -2.30. The number of carbonyl (C=O) groups excluding carboxylic acids is 1. The smallest absolute Gasteiger partial charge is 0.236 e. The molecule has 0 saturated carbocycles. The number of hydrogen-bond donors (Lipinski definition) is 0. The van der Waals surface area contributed by atoms with E-state index < -0.39 is 5.41 Å². The first kappa shape index (κ1) is 11.4. The topological polar surface area (TPSA) is 44.1 Å². The maximum absolute atomic E-state index is 12.0. The molecule has 1 aliphatic heterocycles. The highest BCUT2D eigenvalue weighted by atomic mass is 16.2. The number of benzene rings is 1. The zero-order valence-corrected chi connectivity index (χ0v) is 9.97. The van der Waals surface area contributed by atoms with Gasteiger partial charge in [-0.2, -0.15) is 5.26 Å². The van der Waals surface area contributed by atoms with Crippen LogP contribution >= 0.6 is 0 Å². The summed E-state index contributed by atoms with van der Waals surface area (Å²) >= 11 is 0. The fraction of sp³-hybridized carbons (Fsp3) is 0.286. The highest BCUT2D eigenvalue weighted by Crippen LogP contribution is 2.28. The zero-order valence-electron chi connectivity index (χ0n) is 9.97. The minimum Gasteiger partial charge on any atom is -0.314 e. The van der Waals surface area contributed by atoms with E-state index in [2.05, 4.69) is 6.07 Å². The minimum atomic E-state index is -0.429. The Balaban J connectivity index is 2.22. The molecule has 0 aliphatic carbocycles. The summed E-state index contributed by atoms with van der Waals surface area (Å²) in [6.07, 6.45) is 3.70. The Morgan fingerprint density at radius 1 is 1.35 bits per heavy atom. The fourth-order valence-electron chi connectivity index (χ4n) is 1.86. The molecule has 3 heteroatoms. The van der Waals surface area contributed by atoms with Gasteiger partial charge in [-0.15, -0.1) is 0 Å². The molecule has 0 saturated heterocycles. The average Bonchev–Trinajstić information content (AvgIpc) is 2.57. The molecule has 2 rings (SSSR count). The third-order valence-corrected chi connectivity index (χ3v) is 2.96. The summed E-state index contributed by atoms with van der Waals surface area (Å²) in [7, 11) is 0. The highest BCUT2D eigenvalue weighted by Gasteiger charge is 2.33. The van der Waals surface area contributed by atoms with Gasteiger partial charge in [0.1, 0.15) is 0 Å². The minimum absolute atomic E-state index is 0.0743. The first-order chi connectivity index (χ1) is 8.04. The number of nitriles is 1. The van der Waals surface area contributed by atoms with Crippen LogP contribution in [0.15, 0.2) is 36.5 Å². The van der Waals surface area contributed by atoms with Crippen molar-refractivity contribution in [2.24, 2.45) is 5.41 Å². The Kier molecular flexibility index (Phi) is 2.72. The highest BCUT2D eigenvalue weighted by molar-refractivity contribution is 5.87. The zero-order chi connectivity index (χ0) is 12.5. The number of rotatable bonds is 2. The van der Waals surface area contributed by atoms with E-state index >= 15 is 0 Å². The van der Waals surface area contributed by atoms with Gasteiger partial charge >= 0.3 is 0 Å². The Hall–Kier alpha value is -2.08. The fourth-order valence-corrected chi connectivity index (χ4v) is 1.86. The second-order valence-electron chi connectivity index (χ2n) is 4.74. The molecular weight excluding hydrogens is 212 g/mol. The lowest BCUT2D eigenvalue weighted by Gasteiger charge is -2.20. The second kappa shape index (κ2) is 4.06. The maximum Gasteiger partial charge on any atom is 0.236 e. The van der Waals surface area contributed by atoms with Crippen LogP contribution in [0.4, 0.5) is 0 Å². The van der Waals surface area contributed by atoms with Crippen molar-refractivity contribution in [2.75, 3.05) is 0 Å². The second-order valence-corrected chi connectivity index (χ2v) is 4.74. The molecule has 0 atom stereocenters. The van der Waals surface area contributed by atoms with Crippen LogP contribution in [0.2, 0.25) is 0 Å². The monoisotopic (exact) mass is 226 g/mol. The van der Waals surface area contributed by atoms with E-state index in [0.29, 0.717) is 12.1 Å². The van der Waals surface area contributed by atoms with Crippen LogP contribution in [0, 0.1) is 16.7 Å². The van der Waals surface area contributed by atoms with Crippen molar-refractivity contribution in [1.82, 2.24) is 4.90 Å². The van der Waals surface area contributed by atoms with Crippen LogP contribution in [0.1, 0.15) is 25.0 Å². The summed E-state index contributed by atoms with van der Waals surface area (Å²) < 4.78 is 0. The number of hydrogen-bond acceptors (Lipinski definition) is 2. The van der Waals surface area contributed by atoms with Gasteiger partial charge in [-0.3, -0.25) is 4.79 Å². The van der Waals surface area contributed by atoms with E-state index in [4.69, 9.17) is 5.26 Å². The van der Waals surface area contributed by atoms with Gasteiger partial charge in [-0.1, -0.05) is 24.3 Å². The molecule has 0 aromatic heterocycles. The van der Waals surface area contributed by atoms with Gasteiger partial charge in [-0.05, 0) is 25.5 Å². The summed E-state index contributed by atoms with van der Waals surface area (Å²) in [5, 5.41) is 8.99. The van der Waals surface area contributed by atoms with Gasteiger partial charge in [0.25, 0.3) is 0 Å². The molecule has 1 heterocycles.